The van der Waals surface area contributed by atoms with Gasteiger partial charge in [0, 0.05) is 24.7 Å². The zero-order valence-corrected chi connectivity index (χ0v) is 12.7. The lowest BCUT2D eigenvalue weighted by molar-refractivity contribution is 0.166. The first-order valence-electron chi connectivity index (χ1n) is 7.63. The van der Waals surface area contributed by atoms with Gasteiger partial charge in [0.1, 0.15) is 0 Å². The normalized spacial score (nSPS) is 22.8. The van der Waals surface area contributed by atoms with Crippen LogP contribution in [0.4, 0.5) is 0 Å². The molecule has 21 heavy (non-hydrogen) atoms. The fraction of sp³-hybridized carbons (Fsp3) is 0.562. The van der Waals surface area contributed by atoms with Crippen molar-refractivity contribution in [2.24, 2.45) is 0 Å². The molecule has 0 aliphatic heterocycles. The zero-order valence-electron chi connectivity index (χ0n) is 12.7. The maximum absolute atomic E-state index is 5.35. The van der Waals surface area contributed by atoms with Crippen molar-refractivity contribution in [3.8, 4) is 11.5 Å². The van der Waals surface area contributed by atoms with E-state index in [1.807, 2.05) is 18.2 Å². The van der Waals surface area contributed by atoms with E-state index >= 15 is 0 Å². The molecule has 1 fully saturated rings. The first kappa shape index (κ1) is 14.4. The van der Waals surface area contributed by atoms with Crippen LogP contribution < -0.4 is 5.32 Å². The molecule has 0 spiro atoms. The molecule has 1 saturated carbocycles. The van der Waals surface area contributed by atoms with Crippen LogP contribution in [0.2, 0.25) is 0 Å². The maximum atomic E-state index is 5.35. The van der Waals surface area contributed by atoms with E-state index in [0.717, 1.165) is 18.0 Å². The molecule has 0 bridgehead atoms. The molecule has 0 saturated heterocycles. The standard InChI is InChI=1S/C16H23N3O2/c1-17-12-5-7-14(8-6-12)19(2)11-13-10-16(21-18-13)15-4-3-9-20-15/h3-4,9-10,12,14,17H,5-8,11H2,1-2H3. The summed E-state index contributed by atoms with van der Waals surface area (Å²) in [5.74, 6) is 1.42. The second kappa shape index (κ2) is 6.45. The molecule has 2 aromatic rings. The number of hydrogen-bond donors (Lipinski definition) is 1. The molecule has 5 heteroatoms. The van der Waals surface area contributed by atoms with Crippen molar-refractivity contribution in [1.29, 1.82) is 0 Å². The lowest BCUT2D eigenvalue weighted by atomic mass is 9.90. The molecular weight excluding hydrogens is 266 g/mol. The van der Waals surface area contributed by atoms with Gasteiger partial charge in [-0.3, -0.25) is 4.90 Å². The smallest absolute Gasteiger partial charge is 0.202 e. The molecule has 0 atom stereocenters. The van der Waals surface area contributed by atoms with Gasteiger partial charge in [-0.1, -0.05) is 5.16 Å². The highest BCUT2D eigenvalue weighted by molar-refractivity contribution is 5.49. The summed E-state index contributed by atoms with van der Waals surface area (Å²) in [7, 11) is 4.23. The highest BCUT2D eigenvalue weighted by atomic mass is 16.5. The van der Waals surface area contributed by atoms with Crippen LogP contribution in [0.25, 0.3) is 11.5 Å². The molecule has 0 unspecified atom stereocenters. The van der Waals surface area contributed by atoms with Crippen LogP contribution in [-0.2, 0) is 6.54 Å². The van der Waals surface area contributed by atoms with E-state index in [2.05, 4.69) is 29.5 Å². The summed E-state index contributed by atoms with van der Waals surface area (Å²) >= 11 is 0. The molecule has 1 aliphatic carbocycles. The van der Waals surface area contributed by atoms with Gasteiger partial charge in [-0.2, -0.15) is 0 Å². The molecule has 1 N–H and O–H groups in total. The number of nitrogens with zero attached hydrogens (tertiary/aromatic N) is 2. The predicted molar refractivity (Wildman–Crippen MR) is 80.8 cm³/mol. The number of aromatic nitrogens is 1. The first-order valence-corrected chi connectivity index (χ1v) is 7.63. The van der Waals surface area contributed by atoms with E-state index in [-0.39, 0.29) is 0 Å². The summed E-state index contributed by atoms with van der Waals surface area (Å²) in [5, 5.41) is 7.52. The second-order valence-corrected chi connectivity index (χ2v) is 5.87. The van der Waals surface area contributed by atoms with Crippen LogP contribution in [0.1, 0.15) is 31.4 Å². The largest absolute Gasteiger partial charge is 0.461 e. The summed E-state index contributed by atoms with van der Waals surface area (Å²) in [4.78, 5) is 2.38. The van der Waals surface area contributed by atoms with Crippen LogP contribution in [0.5, 0.6) is 0 Å². The summed E-state index contributed by atoms with van der Waals surface area (Å²) in [6.07, 6.45) is 6.63. The Kier molecular flexibility index (Phi) is 4.41. The summed E-state index contributed by atoms with van der Waals surface area (Å²) < 4.78 is 10.7. The molecule has 1 aliphatic rings. The van der Waals surface area contributed by atoms with Gasteiger partial charge in [-0.05, 0) is 51.9 Å². The average Bonchev–Trinajstić information content (AvgIpc) is 3.18. The van der Waals surface area contributed by atoms with Gasteiger partial charge in [0.25, 0.3) is 0 Å². The highest BCUT2D eigenvalue weighted by Crippen LogP contribution is 2.25. The summed E-state index contributed by atoms with van der Waals surface area (Å²) in [5.41, 5.74) is 0.958. The van der Waals surface area contributed by atoms with E-state index in [1.54, 1.807) is 6.26 Å². The average molecular weight is 289 g/mol. The monoisotopic (exact) mass is 289 g/mol. The Labute approximate surface area is 125 Å². The van der Waals surface area contributed by atoms with Gasteiger partial charge in [-0.25, -0.2) is 0 Å². The Morgan fingerprint density at radius 1 is 1.29 bits per heavy atom. The van der Waals surface area contributed by atoms with Gasteiger partial charge in [0.15, 0.2) is 5.76 Å². The van der Waals surface area contributed by atoms with Crippen molar-refractivity contribution >= 4 is 0 Å². The third kappa shape index (κ3) is 3.36. The van der Waals surface area contributed by atoms with E-state index in [0.29, 0.717) is 17.8 Å². The minimum atomic E-state index is 0.637. The van der Waals surface area contributed by atoms with Crippen molar-refractivity contribution in [3.63, 3.8) is 0 Å². The van der Waals surface area contributed by atoms with E-state index in [4.69, 9.17) is 8.94 Å². The zero-order chi connectivity index (χ0) is 14.7. The molecule has 0 amide bonds. The van der Waals surface area contributed by atoms with Gasteiger partial charge in [0.2, 0.25) is 5.76 Å². The quantitative estimate of drug-likeness (QED) is 0.917. The molecule has 2 heterocycles. The van der Waals surface area contributed by atoms with Crippen LogP contribution in [0.3, 0.4) is 0 Å². The predicted octanol–water partition coefficient (Wildman–Crippen LogP) is 2.90. The minimum absolute atomic E-state index is 0.637. The van der Waals surface area contributed by atoms with Crippen molar-refractivity contribution in [2.75, 3.05) is 14.1 Å². The van der Waals surface area contributed by atoms with Crippen LogP contribution in [0, 0.1) is 0 Å². The Morgan fingerprint density at radius 2 is 2.10 bits per heavy atom. The highest BCUT2D eigenvalue weighted by Gasteiger charge is 2.23. The van der Waals surface area contributed by atoms with E-state index in [1.165, 1.54) is 25.7 Å². The Bertz CT molecular complexity index is 542. The fourth-order valence-electron chi connectivity index (χ4n) is 3.11. The molecule has 0 aromatic carbocycles. The third-order valence-corrected chi connectivity index (χ3v) is 4.46. The topological polar surface area (TPSA) is 54.4 Å². The van der Waals surface area contributed by atoms with Crippen LogP contribution >= 0.6 is 0 Å². The lowest BCUT2D eigenvalue weighted by Gasteiger charge is -2.34. The van der Waals surface area contributed by atoms with Crippen molar-refractivity contribution < 1.29 is 8.94 Å². The number of rotatable bonds is 5. The number of nitrogens with one attached hydrogen (secondary N) is 1. The van der Waals surface area contributed by atoms with Gasteiger partial charge in [0.05, 0.1) is 12.0 Å². The Balaban J connectivity index is 1.57. The van der Waals surface area contributed by atoms with Gasteiger partial charge < -0.3 is 14.3 Å². The molecule has 2 aromatic heterocycles. The van der Waals surface area contributed by atoms with Crippen LogP contribution in [0.15, 0.2) is 33.4 Å². The van der Waals surface area contributed by atoms with Crippen LogP contribution in [-0.4, -0.2) is 36.2 Å². The van der Waals surface area contributed by atoms with Gasteiger partial charge in [-0.15, -0.1) is 0 Å². The molecule has 114 valence electrons. The first-order chi connectivity index (χ1) is 10.3. The van der Waals surface area contributed by atoms with Crippen molar-refractivity contribution in [3.05, 3.63) is 30.2 Å². The van der Waals surface area contributed by atoms with Crippen molar-refractivity contribution in [1.82, 2.24) is 15.4 Å². The molecular formula is C16H23N3O2. The fourth-order valence-corrected chi connectivity index (χ4v) is 3.11. The second-order valence-electron chi connectivity index (χ2n) is 5.87. The SMILES string of the molecule is CNC1CCC(N(C)Cc2cc(-c3ccco3)on2)CC1. The number of furan rings is 1. The van der Waals surface area contributed by atoms with E-state index < -0.39 is 0 Å². The maximum Gasteiger partial charge on any atom is 0.202 e. The van der Waals surface area contributed by atoms with Gasteiger partial charge >= 0.3 is 0 Å². The molecule has 5 nitrogen and oxygen atoms in total. The summed E-state index contributed by atoms with van der Waals surface area (Å²) in [6, 6.07) is 7.02. The van der Waals surface area contributed by atoms with E-state index in [9.17, 15) is 0 Å². The lowest BCUT2D eigenvalue weighted by Crippen LogP contribution is -2.39. The Morgan fingerprint density at radius 3 is 2.76 bits per heavy atom. The van der Waals surface area contributed by atoms with Crippen molar-refractivity contribution in [2.45, 2.75) is 44.3 Å². The number of hydrogen-bond acceptors (Lipinski definition) is 5. The molecule has 0 radical (unpaired) electrons. The Hall–Kier alpha value is -1.59. The third-order valence-electron chi connectivity index (χ3n) is 4.46. The minimum Gasteiger partial charge on any atom is -0.461 e. The summed E-state index contributed by atoms with van der Waals surface area (Å²) in [6.45, 7) is 0.819. The molecule has 3 rings (SSSR count).